The molecule has 1 aliphatic heterocycles. The van der Waals surface area contributed by atoms with Crippen LogP contribution >= 0.6 is 23.4 Å². The zero-order valence-corrected chi connectivity index (χ0v) is 15.9. The first kappa shape index (κ1) is 18.1. The molecule has 1 fully saturated rings. The Kier molecular flexibility index (Phi) is 5.26. The first-order chi connectivity index (χ1) is 11.9. The maximum absolute atomic E-state index is 12.8. The van der Waals surface area contributed by atoms with Gasteiger partial charge in [-0.25, -0.2) is 13.4 Å². The van der Waals surface area contributed by atoms with Crippen LogP contribution < -0.4 is 15.4 Å². The lowest BCUT2D eigenvalue weighted by Crippen LogP contribution is -2.34. The van der Waals surface area contributed by atoms with E-state index in [1.165, 1.54) is 31.5 Å². The summed E-state index contributed by atoms with van der Waals surface area (Å²) < 4.78 is 30.7. The van der Waals surface area contributed by atoms with Gasteiger partial charge in [-0.3, -0.25) is 0 Å². The summed E-state index contributed by atoms with van der Waals surface area (Å²) in [6.07, 6.45) is 1.26. The van der Waals surface area contributed by atoms with E-state index in [0.29, 0.717) is 11.7 Å². The maximum Gasteiger partial charge on any atom is 0.227 e. The molecule has 1 aromatic carbocycles. The Morgan fingerprint density at radius 2 is 2.04 bits per heavy atom. The van der Waals surface area contributed by atoms with Crippen molar-refractivity contribution in [2.45, 2.75) is 9.79 Å². The highest BCUT2D eigenvalue weighted by Crippen LogP contribution is 2.31. The van der Waals surface area contributed by atoms with E-state index in [2.05, 4.69) is 9.97 Å². The summed E-state index contributed by atoms with van der Waals surface area (Å²) in [4.78, 5) is 10.3. The molecule has 1 aliphatic rings. The molecule has 0 saturated carbocycles. The lowest BCUT2D eigenvalue weighted by Gasteiger charge is -2.26. The number of ether oxygens (including phenoxy) is 1. The minimum absolute atomic E-state index is 0.00993. The van der Waals surface area contributed by atoms with Gasteiger partial charge in [-0.1, -0.05) is 11.6 Å². The van der Waals surface area contributed by atoms with Gasteiger partial charge in [-0.2, -0.15) is 16.7 Å². The fraction of sp³-hybridized carbons (Fsp3) is 0.333. The van der Waals surface area contributed by atoms with Gasteiger partial charge in [0.15, 0.2) is 0 Å². The summed E-state index contributed by atoms with van der Waals surface area (Å²) in [5.41, 5.74) is 5.93. The van der Waals surface area contributed by atoms with Crippen LogP contribution in [0.25, 0.3) is 0 Å². The number of nitrogens with two attached hydrogens (primary N) is 1. The summed E-state index contributed by atoms with van der Waals surface area (Å²) in [6.45, 7) is 1.62. The number of nitrogens with zero attached hydrogens (tertiary/aromatic N) is 3. The van der Waals surface area contributed by atoms with Crippen LogP contribution in [0.2, 0.25) is 5.02 Å². The molecule has 0 spiro atoms. The molecule has 3 rings (SSSR count). The minimum Gasteiger partial charge on any atom is -0.495 e. The van der Waals surface area contributed by atoms with Crippen molar-refractivity contribution >= 4 is 45.0 Å². The Labute approximate surface area is 155 Å². The van der Waals surface area contributed by atoms with Crippen molar-refractivity contribution in [1.29, 1.82) is 0 Å². The fourth-order valence-electron chi connectivity index (χ4n) is 2.44. The number of hydrogen-bond acceptors (Lipinski definition) is 8. The second kappa shape index (κ2) is 7.27. The number of hydrogen-bond donors (Lipinski definition) is 1. The minimum atomic E-state index is -3.88. The lowest BCUT2D eigenvalue weighted by molar-refractivity contribution is 0.414. The molecule has 2 aromatic rings. The Hall–Kier alpha value is -1.71. The number of aromatic nitrogens is 2. The van der Waals surface area contributed by atoms with E-state index < -0.39 is 9.84 Å². The molecule has 1 aromatic heterocycles. The molecule has 10 heteroatoms. The number of nitrogen functional groups attached to an aromatic ring is 1. The summed E-state index contributed by atoms with van der Waals surface area (Å²) in [7, 11) is -2.42. The van der Waals surface area contributed by atoms with Crippen molar-refractivity contribution in [2.24, 2.45) is 0 Å². The summed E-state index contributed by atoms with van der Waals surface area (Å²) in [5, 5.41) is 0.200. The molecule has 2 N–H and O–H groups in total. The molecule has 25 heavy (non-hydrogen) atoms. The number of anilines is 2. The van der Waals surface area contributed by atoms with Crippen molar-refractivity contribution in [2.75, 3.05) is 42.3 Å². The van der Waals surface area contributed by atoms with Crippen molar-refractivity contribution in [3.8, 4) is 5.75 Å². The molecule has 7 nitrogen and oxygen atoms in total. The molecule has 0 atom stereocenters. The number of thioether (sulfide) groups is 1. The highest BCUT2D eigenvalue weighted by atomic mass is 35.5. The van der Waals surface area contributed by atoms with E-state index in [-0.39, 0.29) is 20.6 Å². The highest BCUT2D eigenvalue weighted by Gasteiger charge is 2.25. The second-order valence-electron chi connectivity index (χ2n) is 5.32. The third-order valence-electron chi connectivity index (χ3n) is 3.79. The first-order valence-electron chi connectivity index (χ1n) is 7.47. The topological polar surface area (TPSA) is 98.4 Å². The van der Waals surface area contributed by atoms with Crippen molar-refractivity contribution in [1.82, 2.24) is 9.97 Å². The molecule has 0 radical (unpaired) electrons. The molecular weight excluding hydrogens is 384 g/mol. The molecule has 134 valence electrons. The number of rotatable bonds is 4. The molecule has 0 bridgehead atoms. The zero-order valence-electron chi connectivity index (χ0n) is 13.5. The SMILES string of the molecule is COc1ccc(S(=O)(=O)c2cnc(N3CCSCC3)nc2N)cc1Cl. The van der Waals surface area contributed by atoms with Gasteiger partial charge in [0, 0.05) is 24.6 Å². The smallest absolute Gasteiger partial charge is 0.227 e. The van der Waals surface area contributed by atoms with E-state index in [0.717, 1.165) is 24.6 Å². The Balaban J connectivity index is 1.96. The molecule has 0 amide bonds. The van der Waals surface area contributed by atoms with Crippen LogP contribution in [0.15, 0.2) is 34.2 Å². The second-order valence-corrected chi connectivity index (χ2v) is 8.87. The average molecular weight is 401 g/mol. The molecule has 0 aliphatic carbocycles. The van der Waals surface area contributed by atoms with Gasteiger partial charge >= 0.3 is 0 Å². The van der Waals surface area contributed by atoms with Crippen LogP contribution in [0.1, 0.15) is 0 Å². The Bertz CT molecular complexity index is 886. The van der Waals surface area contributed by atoms with Gasteiger partial charge in [-0.15, -0.1) is 0 Å². The van der Waals surface area contributed by atoms with Gasteiger partial charge < -0.3 is 15.4 Å². The third kappa shape index (κ3) is 3.63. The van der Waals surface area contributed by atoms with E-state index in [1.807, 2.05) is 16.7 Å². The van der Waals surface area contributed by atoms with Gasteiger partial charge in [0.2, 0.25) is 15.8 Å². The third-order valence-corrected chi connectivity index (χ3v) is 6.79. The number of sulfone groups is 1. The van der Waals surface area contributed by atoms with E-state index in [9.17, 15) is 8.42 Å². The van der Waals surface area contributed by atoms with Crippen LogP contribution in [0.5, 0.6) is 5.75 Å². The van der Waals surface area contributed by atoms with Crippen LogP contribution in [0.3, 0.4) is 0 Å². The largest absolute Gasteiger partial charge is 0.495 e. The van der Waals surface area contributed by atoms with Crippen molar-refractivity contribution in [3.63, 3.8) is 0 Å². The predicted octanol–water partition coefficient (Wildman–Crippen LogP) is 2.11. The Morgan fingerprint density at radius 3 is 2.64 bits per heavy atom. The first-order valence-corrected chi connectivity index (χ1v) is 10.5. The number of halogens is 1. The summed E-state index contributed by atoms with van der Waals surface area (Å²) >= 11 is 7.89. The summed E-state index contributed by atoms with van der Waals surface area (Å²) in [5.74, 6) is 2.73. The van der Waals surface area contributed by atoms with Crippen molar-refractivity contribution in [3.05, 3.63) is 29.4 Å². The van der Waals surface area contributed by atoms with E-state index in [1.54, 1.807) is 0 Å². The molecule has 2 heterocycles. The monoisotopic (exact) mass is 400 g/mol. The normalized spacial score (nSPS) is 15.2. The number of methoxy groups -OCH3 is 1. The lowest BCUT2D eigenvalue weighted by atomic mass is 10.3. The highest BCUT2D eigenvalue weighted by molar-refractivity contribution is 7.99. The quantitative estimate of drug-likeness (QED) is 0.833. The van der Waals surface area contributed by atoms with Crippen molar-refractivity contribution < 1.29 is 13.2 Å². The standard InChI is InChI=1S/C15H17ClN4O3S2/c1-23-12-3-2-10(8-11(12)16)25(21,22)13-9-18-15(19-14(13)17)20-4-6-24-7-5-20/h2-3,8-9H,4-7H2,1H3,(H2,17,18,19). The van der Waals surface area contributed by atoms with Gasteiger partial charge in [0.25, 0.3) is 0 Å². The molecule has 1 saturated heterocycles. The van der Waals surface area contributed by atoms with Crippen LogP contribution in [0.4, 0.5) is 11.8 Å². The van der Waals surface area contributed by atoms with Gasteiger partial charge in [0.1, 0.15) is 16.5 Å². The predicted molar refractivity (Wildman–Crippen MR) is 99.4 cm³/mol. The zero-order chi connectivity index (χ0) is 18.0. The van der Waals surface area contributed by atoms with Crippen LogP contribution in [-0.2, 0) is 9.84 Å². The van der Waals surface area contributed by atoms with Gasteiger partial charge in [0.05, 0.1) is 23.2 Å². The fourth-order valence-corrected chi connectivity index (χ4v) is 4.95. The van der Waals surface area contributed by atoms with Gasteiger partial charge in [-0.05, 0) is 18.2 Å². The molecular formula is C15H17ClN4O3S2. The maximum atomic E-state index is 12.8. The Morgan fingerprint density at radius 1 is 1.32 bits per heavy atom. The average Bonchev–Trinajstić information content (AvgIpc) is 2.62. The molecule has 0 unspecified atom stereocenters. The van der Waals surface area contributed by atoms with E-state index >= 15 is 0 Å². The van der Waals surface area contributed by atoms with E-state index in [4.69, 9.17) is 22.1 Å². The van der Waals surface area contributed by atoms with Crippen LogP contribution in [-0.4, -0.2) is 50.1 Å². The summed E-state index contributed by atoms with van der Waals surface area (Å²) in [6, 6.07) is 4.23. The van der Waals surface area contributed by atoms with Crippen LogP contribution in [0, 0.1) is 0 Å². The number of benzene rings is 1.